The van der Waals surface area contributed by atoms with E-state index in [1.165, 1.54) is 24.9 Å². The average molecular weight is 304 g/mol. The molecular formula is C12H17FN2O2S2. The van der Waals surface area contributed by atoms with Gasteiger partial charge in [-0.3, -0.25) is 0 Å². The third-order valence-electron chi connectivity index (χ3n) is 3.10. The Balaban J connectivity index is 2.02. The van der Waals surface area contributed by atoms with Crippen LogP contribution in [0.4, 0.5) is 4.39 Å². The van der Waals surface area contributed by atoms with E-state index < -0.39 is 10.0 Å². The second-order valence-electron chi connectivity index (χ2n) is 4.33. The Morgan fingerprint density at radius 2 is 2.26 bits per heavy atom. The highest BCUT2D eigenvalue weighted by molar-refractivity contribution is 7.99. The number of fused-ring (bicyclic) bond motifs is 1. The lowest BCUT2D eigenvalue weighted by Gasteiger charge is -2.26. The minimum Gasteiger partial charge on any atom is -0.309 e. The topological polar surface area (TPSA) is 58.2 Å². The van der Waals surface area contributed by atoms with Crippen LogP contribution in [0.5, 0.6) is 0 Å². The molecule has 2 N–H and O–H groups in total. The molecule has 1 aromatic carbocycles. The summed E-state index contributed by atoms with van der Waals surface area (Å²) in [5, 5.41) is 3.20. The number of sulfonamides is 1. The highest BCUT2D eigenvalue weighted by Gasteiger charge is 2.22. The van der Waals surface area contributed by atoms with E-state index in [0.29, 0.717) is 11.4 Å². The molecule has 0 fully saturated rings. The fraction of sp³-hybridized carbons (Fsp3) is 0.500. The Labute approximate surface area is 117 Å². The lowest BCUT2D eigenvalue weighted by molar-refractivity contribution is 0.507. The minimum absolute atomic E-state index is 0.0256. The van der Waals surface area contributed by atoms with E-state index in [2.05, 4.69) is 10.0 Å². The molecule has 106 valence electrons. The van der Waals surface area contributed by atoms with E-state index in [1.54, 1.807) is 6.07 Å². The predicted molar refractivity (Wildman–Crippen MR) is 75.3 cm³/mol. The Hall–Kier alpha value is -0.630. The molecule has 0 radical (unpaired) electrons. The number of nitrogens with one attached hydrogen (secondary N) is 2. The summed E-state index contributed by atoms with van der Waals surface area (Å²) in [6.07, 6.45) is 0.876. The molecule has 0 aliphatic carbocycles. The number of rotatable bonds is 5. The summed E-state index contributed by atoms with van der Waals surface area (Å²) < 4.78 is 38.6. The third-order valence-corrected chi connectivity index (χ3v) is 5.62. The second kappa shape index (κ2) is 6.21. The normalized spacial score (nSPS) is 19.2. The summed E-state index contributed by atoms with van der Waals surface area (Å²) in [6, 6.07) is 5.08. The summed E-state index contributed by atoms with van der Waals surface area (Å²) >= 11 is 1.52. The molecule has 4 nitrogen and oxygen atoms in total. The smallest absolute Gasteiger partial charge is 0.212 e. The molecule has 0 aromatic heterocycles. The second-order valence-corrected chi connectivity index (χ2v) is 7.48. The maximum atomic E-state index is 13.7. The molecule has 1 unspecified atom stereocenters. The number of hydrogen-bond donors (Lipinski definition) is 2. The zero-order valence-electron chi connectivity index (χ0n) is 10.6. The van der Waals surface area contributed by atoms with E-state index in [4.69, 9.17) is 0 Å². The Bertz CT molecular complexity index is 549. The number of halogens is 1. The van der Waals surface area contributed by atoms with Gasteiger partial charge in [-0.05, 0) is 30.9 Å². The summed E-state index contributed by atoms with van der Waals surface area (Å²) in [6.45, 7) is 0.356. The van der Waals surface area contributed by atoms with Gasteiger partial charge in [0.25, 0.3) is 0 Å². The molecule has 0 saturated heterocycles. The van der Waals surface area contributed by atoms with Crippen molar-refractivity contribution in [3.63, 3.8) is 0 Å². The zero-order chi connectivity index (χ0) is 13.9. The van der Waals surface area contributed by atoms with Gasteiger partial charge in [-0.25, -0.2) is 17.5 Å². The molecular weight excluding hydrogens is 287 g/mol. The Morgan fingerprint density at radius 1 is 1.47 bits per heavy atom. The molecule has 7 heteroatoms. The number of hydrogen-bond acceptors (Lipinski definition) is 4. The molecule has 0 saturated carbocycles. The van der Waals surface area contributed by atoms with Crippen LogP contribution in [-0.4, -0.2) is 33.5 Å². The van der Waals surface area contributed by atoms with Crippen LogP contribution < -0.4 is 10.0 Å². The van der Waals surface area contributed by atoms with Gasteiger partial charge in [0.15, 0.2) is 0 Å². The summed E-state index contributed by atoms with van der Waals surface area (Å²) in [5.74, 6) is 0.666. The van der Waals surface area contributed by atoms with Crippen LogP contribution in [-0.2, 0) is 10.0 Å². The van der Waals surface area contributed by atoms with Crippen molar-refractivity contribution in [2.75, 3.05) is 25.1 Å². The van der Waals surface area contributed by atoms with Gasteiger partial charge in [0.05, 0.1) is 5.75 Å². The zero-order valence-corrected chi connectivity index (χ0v) is 12.3. The standard InChI is InChI=1S/C12H17FN2O2S2/c1-14-19(16,17)8-6-15-11-5-7-18-12-9(11)3-2-4-10(12)13/h2-4,11,14-15H,5-8H2,1H3. The quantitative estimate of drug-likeness (QED) is 0.865. The molecule has 19 heavy (non-hydrogen) atoms. The molecule has 1 aliphatic rings. The van der Waals surface area contributed by atoms with Gasteiger partial charge in [0.2, 0.25) is 10.0 Å². The Kier molecular flexibility index (Phi) is 4.83. The third kappa shape index (κ3) is 3.68. The van der Waals surface area contributed by atoms with Crippen molar-refractivity contribution in [2.45, 2.75) is 17.4 Å². The van der Waals surface area contributed by atoms with Crippen LogP contribution in [0.3, 0.4) is 0 Å². The highest BCUT2D eigenvalue weighted by atomic mass is 32.2. The van der Waals surface area contributed by atoms with Gasteiger partial charge < -0.3 is 5.32 Å². The van der Waals surface area contributed by atoms with E-state index in [0.717, 1.165) is 17.7 Å². The largest absolute Gasteiger partial charge is 0.309 e. The fourth-order valence-corrected chi connectivity index (χ4v) is 3.80. The first kappa shape index (κ1) is 14.8. The highest BCUT2D eigenvalue weighted by Crippen LogP contribution is 2.37. The number of benzene rings is 1. The first-order valence-electron chi connectivity index (χ1n) is 6.09. The lowest BCUT2D eigenvalue weighted by Crippen LogP contribution is -2.33. The van der Waals surface area contributed by atoms with Gasteiger partial charge in [-0.1, -0.05) is 12.1 Å². The molecule has 1 aliphatic heterocycles. The van der Waals surface area contributed by atoms with Crippen molar-refractivity contribution in [1.82, 2.24) is 10.0 Å². The molecule has 1 heterocycles. The van der Waals surface area contributed by atoms with Gasteiger partial charge in [-0.2, -0.15) is 0 Å². The molecule has 0 spiro atoms. The molecule has 0 amide bonds. The van der Waals surface area contributed by atoms with Gasteiger partial charge in [0, 0.05) is 17.5 Å². The maximum Gasteiger partial charge on any atom is 0.212 e. The van der Waals surface area contributed by atoms with Gasteiger partial charge in [0.1, 0.15) is 5.82 Å². The van der Waals surface area contributed by atoms with Crippen LogP contribution >= 0.6 is 11.8 Å². The first-order chi connectivity index (χ1) is 9.03. The summed E-state index contributed by atoms with van der Waals surface area (Å²) in [4.78, 5) is 0.683. The Morgan fingerprint density at radius 3 is 3.00 bits per heavy atom. The van der Waals surface area contributed by atoms with Crippen LogP contribution in [0.25, 0.3) is 0 Å². The minimum atomic E-state index is -3.20. The summed E-state index contributed by atoms with van der Waals surface area (Å²) in [5.41, 5.74) is 0.929. The molecule has 1 atom stereocenters. The van der Waals surface area contributed by atoms with Crippen molar-refractivity contribution >= 4 is 21.8 Å². The van der Waals surface area contributed by atoms with Crippen molar-refractivity contribution < 1.29 is 12.8 Å². The SMILES string of the molecule is CNS(=O)(=O)CCNC1CCSc2c(F)cccc21. The number of thioether (sulfide) groups is 1. The monoisotopic (exact) mass is 304 g/mol. The van der Waals surface area contributed by atoms with E-state index in [9.17, 15) is 12.8 Å². The lowest BCUT2D eigenvalue weighted by atomic mass is 10.0. The van der Waals surface area contributed by atoms with Crippen molar-refractivity contribution in [1.29, 1.82) is 0 Å². The average Bonchev–Trinajstić information content (AvgIpc) is 2.40. The molecule has 2 rings (SSSR count). The van der Waals surface area contributed by atoms with E-state index in [1.807, 2.05) is 6.07 Å². The first-order valence-corrected chi connectivity index (χ1v) is 8.73. The van der Waals surface area contributed by atoms with Gasteiger partial charge >= 0.3 is 0 Å². The molecule has 0 bridgehead atoms. The van der Waals surface area contributed by atoms with Crippen LogP contribution in [0.1, 0.15) is 18.0 Å². The fourth-order valence-electron chi connectivity index (χ4n) is 2.07. The molecule has 1 aromatic rings. The van der Waals surface area contributed by atoms with E-state index >= 15 is 0 Å². The van der Waals surface area contributed by atoms with Crippen molar-refractivity contribution in [3.05, 3.63) is 29.6 Å². The predicted octanol–water partition coefficient (Wildman–Crippen LogP) is 1.50. The van der Waals surface area contributed by atoms with Crippen molar-refractivity contribution in [2.24, 2.45) is 0 Å². The van der Waals surface area contributed by atoms with Crippen LogP contribution in [0, 0.1) is 5.82 Å². The van der Waals surface area contributed by atoms with E-state index in [-0.39, 0.29) is 17.6 Å². The van der Waals surface area contributed by atoms with Crippen LogP contribution in [0.15, 0.2) is 23.1 Å². The van der Waals surface area contributed by atoms with Gasteiger partial charge in [-0.15, -0.1) is 11.8 Å². The van der Waals surface area contributed by atoms with Crippen LogP contribution in [0.2, 0.25) is 0 Å². The summed E-state index contributed by atoms with van der Waals surface area (Å²) in [7, 11) is -1.80. The maximum absolute atomic E-state index is 13.7. The van der Waals surface area contributed by atoms with Crippen molar-refractivity contribution in [3.8, 4) is 0 Å².